The maximum absolute atomic E-state index is 11.1. The number of aromatic nitrogens is 2. The minimum atomic E-state index is -0.331. The van der Waals surface area contributed by atoms with E-state index in [9.17, 15) is 4.79 Å². The molecule has 20 heavy (non-hydrogen) atoms. The highest BCUT2D eigenvalue weighted by Gasteiger charge is 2.21. The first-order valence-corrected chi connectivity index (χ1v) is 6.90. The summed E-state index contributed by atoms with van der Waals surface area (Å²) in [5, 5.41) is 3.36. The number of hydrogen-bond donors (Lipinski definition) is 2. The van der Waals surface area contributed by atoms with E-state index in [2.05, 4.69) is 27.9 Å². The van der Waals surface area contributed by atoms with Gasteiger partial charge in [0, 0.05) is 18.5 Å². The zero-order valence-electron chi connectivity index (χ0n) is 12.3. The number of nitrogens with one attached hydrogen (secondary N) is 1. The number of benzene rings is 1. The molecule has 5 nitrogen and oxygen atoms in total. The number of imidazole rings is 1. The van der Waals surface area contributed by atoms with Crippen LogP contribution in [0.4, 0.5) is 0 Å². The predicted molar refractivity (Wildman–Crippen MR) is 80.1 cm³/mol. The lowest BCUT2D eigenvalue weighted by Gasteiger charge is -2.24. The summed E-state index contributed by atoms with van der Waals surface area (Å²) in [7, 11) is 0. The minimum absolute atomic E-state index is 0.300. The van der Waals surface area contributed by atoms with Crippen LogP contribution in [0.25, 0.3) is 11.0 Å². The maximum Gasteiger partial charge on any atom is 0.219 e. The summed E-state index contributed by atoms with van der Waals surface area (Å²) in [6.07, 6.45) is 0.305. The molecule has 3 N–H and O–H groups in total. The number of amides is 1. The highest BCUT2D eigenvalue weighted by atomic mass is 16.1. The Morgan fingerprint density at radius 3 is 2.75 bits per heavy atom. The Hall–Kier alpha value is -1.88. The molecule has 0 saturated heterocycles. The van der Waals surface area contributed by atoms with E-state index in [0.717, 1.165) is 23.4 Å². The normalized spacial score (nSPS) is 11.9. The lowest BCUT2D eigenvalue weighted by atomic mass is 10.0. The fourth-order valence-corrected chi connectivity index (χ4v) is 2.43. The van der Waals surface area contributed by atoms with Gasteiger partial charge in [0.05, 0.1) is 17.6 Å². The van der Waals surface area contributed by atoms with Gasteiger partial charge in [0.25, 0.3) is 0 Å². The first kappa shape index (κ1) is 14.5. The predicted octanol–water partition coefficient (Wildman–Crippen LogP) is 1.80. The van der Waals surface area contributed by atoms with Gasteiger partial charge in [-0.1, -0.05) is 12.1 Å². The second-order valence-electron chi connectivity index (χ2n) is 5.64. The van der Waals surface area contributed by atoms with E-state index < -0.39 is 0 Å². The van der Waals surface area contributed by atoms with Crippen LogP contribution in [0.2, 0.25) is 0 Å². The van der Waals surface area contributed by atoms with Gasteiger partial charge in [-0.2, -0.15) is 0 Å². The SMILES string of the molecule is CCn1c(CNC(C)(C)CC(N)=O)nc2ccccc21. The van der Waals surface area contributed by atoms with Crippen molar-refractivity contribution in [1.82, 2.24) is 14.9 Å². The average molecular weight is 274 g/mol. The van der Waals surface area contributed by atoms with Crippen molar-refractivity contribution in [3.05, 3.63) is 30.1 Å². The lowest BCUT2D eigenvalue weighted by molar-refractivity contribution is -0.119. The molecule has 0 bridgehead atoms. The molecule has 0 aliphatic carbocycles. The average Bonchev–Trinajstić information content (AvgIpc) is 2.72. The summed E-state index contributed by atoms with van der Waals surface area (Å²) in [4.78, 5) is 15.7. The Kier molecular flexibility index (Phi) is 4.09. The molecule has 0 fully saturated rings. The van der Waals surface area contributed by atoms with Gasteiger partial charge in [0.2, 0.25) is 5.91 Å². The van der Waals surface area contributed by atoms with Gasteiger partial charge in [0.1, 0.15) is 5.82 Å². The molecule has 0 aliphatic rings. The summed E-state index contributed by atoms with van der Waals surface area (Å²) in [5.74, 6) is 0.678. The van der Waals surface area contributed by atoms with Crippen molar-refractivity contribution in [1.29, 1.82) is 0 Å². The molecule has 0 radical (unpaired) electrons. The van der Waals surface area contributed by atoms with E-state index in [1.54, 1.807) is 0 Å². The number of nitrogens with zero attached hydrogens (tertiary/aromatic N) is 2. The Morgan fingerprint density at radius 2 is 2.10 bits per heavy atom. The van der Waals surface area contributed by atoms with Crippen molar-refractivity contribution in [2.45, 2.75) is 45.8 Å². The summed E-state index contributed by atoms with van der Waals surface area (Å²) >= 11 is 0. The van der Waals surface area contributed by atoms with Crippen molar-refractivity contribution in [2.24, 2.45) is 5.73 Å². The summed E-state index contributed by atoms with van der Waals surface area (Å²) in [5.41, 5.74) is 7.07. The van der Waals surface area contributed by atoms with Crippen LogP contribution in [-0.2, 0) is 17.9 Å². The van der Waals surface area contributed by atoms with Gasteiger partial charge in [-0.05, 0) is 32.9 Å². The number of nitrogens with two attached hydrogens (primary N) is 1. The zero-order valence-corrected chi connectivity index (χ0v) is 12.3. The second-order valence-corrected chi connectivity index (χ2v) is 5.64. The molecular weight excluding hydrogens is 252 g/mol. The molecule has 0 saturated carbocycles. The van der Waals surface area contributed by atoms with Crippen LogP contribution in [0.3, 0.4) is 0 Å². The van der Waals surface area contributed by atoms with Crippen LogP contribution in [0.1, 0.15) is 33.0 Å². The number of para-hydroxylation sites is 2. The van der Waals surface area contributed by atoms with Crippen LogP contribution in [-0.4, -0.2) is 21.0 Å². The number of primary amides is 1. The maximum atomic E-state index is 11.1. The third-order valence-electron chi connectivity index (χ3n) is 3.39. The molecule has 0 aliphatic heterocycles. The van der Waals surface area contributed by atoms with Gasteiger partial charge >= 0.3 is 0 Å². The van der Waals surface area contributed by atoms with Crippen LogP contribution < -0.4 is 11.1 Å². The fraction of sp³-hybridized carbons (Fsp3) is 0.467. The number of fused-ring (bicyclic) bond motifs is 1. The second kappa shape index (κ2) is 5.63. The van der Waals surface area contributed by atoms with Gasteiger partial charge in [-0.3, -0.25) is 4.79 Å². The Bertz CT molecular complexity index is 615. The van der Waals surface area contributed by atoms with E-state index in [1.165, 1.54) is 0 Å². The lowest BCUT2D eigenvalue weighted by Crippen LogP contribution is -2.42. The Morgan fingerprint density at radius 1 is 1.40 bits per heavy atom. The zero-order chi connectivity index (χ0) is 14.8. The number of rotatable bonds is 6. The Balaban J connectivity index is 2.19. The molecule has 1 aromatic carbocycles. The molecule has 108 valence electrons. The smallest absolute Gasteiger partial charge is 0.219 e. The molecule has 2 aromatic rings. The number of carbonyl (C=O) groups excluding carboxylic acids is 1. The van der Waals surface area contributed by atoms with Crippen molar-refractivity contribution in [3.8, 4) is 0 Å². The van der Waals surface area contributed by atoms with E-state index in [-0.39, 0.29) is 11.4 Å². The highest BCUT2D eigenvalue weighted by Crippen LogP contribution is 2.17. The van der Waals surface area contributed by atoms with Gasteiger partial charge in [0.15, 0.2) is 0 Å². The fourth-order valence-electron chi connectivity index (χ4n) is 2.43. The summed E-state index contributed by atoms with van der Waals surface area (Å²) in [6, 6.07) is 8.09. The van der Waals surface area contributed by atoms with E-state index >= 15 is 0 Å². The minimum Gasteiger partial charge on any atom is -0.370 e. The van der Waals surface area contributed by atoms with Gasteiger partial charge < -0.3 is 15.6 Å². The van der Waals surface area contributed by atoms with Crippen LogP contribution >= 0.6 is 0 Å². The number of aryl methyl sites for hydroxylation is 1. The summed E-state index contributed by atoms with van der Waals surface area (Å²) in [6.45, 7) is 7.52. The van der Waals surface area contributed by atoms with Crippen LogP contribution in [0, 0.1) is 0 Å². The van der Waals surface area contributed by atoms with Crippen molar-refractivity contribution in [3.63, 3.8) is 0 Å². The number of carbonyl (C=O) groups is 1. The standard InChI is InChI=1S/C15H22N4O/c1-4-19-12-8-6-5-7-11(12)18-14(19)10-17-15(2,3)9-13(16)20/h5-8,17H,4,9-10H2,1-3H3,(H2,16,20). The first-order chi connectivity index (χ1) is 9.43. The van der Waals surface area contributed by atoms with E-state index in [0.29, 0.717) is 13.0 Å². The molecular formula is C15H22N4O. The molecule has 0 spiro atoms. The van der Waals surface area contributed by atoms with Crippen molar-refractivity contribution in [2.75, 3.05) is 0 Å². The third kappa shape index (κ3) is 3.17. The molecule has 0 atom stereocenters. The third-order valence-corrected chi connectivity index (χ3v) is 3.39. The van der Waals surface area contributed by atoms with Crippen LogP contribution in [0.15, 0.2) is 24.3 Å². The van der Waals surface area contributed by atoms with Crippen LogP contribution in [0.5, 0.6) is 0 Å². The molecule has 5 heteroatoms. The first-order valence-electron chi connectivity index (χ1n) is 6.90. The van der Waals surface area contributed by atoms with E-state index in [1.807, 2.05) is 32.0 Å². The monoisotopic (exact) mass is 274 g/mol. The topological polar surface area (TPSA) is 72.9 Å². The molecule has 1 amide bonds. The van der Waals surface area contributed by atoms with Crippen molar-refractivity contribution >= 4 is 16.9 Å². The molecule has 1 aromatic heterocycles. The highest BCUT2D eigenvalue weighted by molar-refractivity contribution is 5.76. The molecule has 2 rings (SSSR count). The van der Waals surface area contributed by atoms with Crippen molar-refractivity contribution < 1.29 is 4.79 Å². The molecule has 1 heterocycles. The van der Waals surface area contributed by atoms with E-state index in [4.69, 9.17) is 5.73 Å². The summed E-state index contributed by atoms with van der Waals surface area (Å²) < 4.78 is 2.18. The largest absolute Gasteiger partial charge is 0.370 e. The van der Waals surface area contributed by atoms with Gasteiger partial charge in [-0.25, -0.2) is 4.98 Å². The molecule has 0 unspecified atom stereocenters. The quantitative estimate of drug-likeness (QED) is 0.843. The Labute approximate surface area is 119 Å². The van der Waals surface area contributed by atoms with Gasteiger partial charge in [-0.15, -0.1) is 0 Å². The number of hydrogen-bond acceptors (Lipinski definition) is 3.